The van der Waals surface area contributed by atoms with Crippen molar-refractivity contribution in [3.63, 3.8) is 0 Å². The molecular formula is C13H15FO2. The summed E-state index contributed by atoms with van der Waals surface area (Å²) in [4.78, 5) is 11.5. The van der Waals surface area contributed by atoms with Crippen LogP contribution in [0.3, 0.4) is 0 Å². The molecule has 0 aromatic heterocycles. The van der Waals surface area contributed by atoms with E-state index in [4.69, 9.17) is 0 Å². The highest BCUT2D eigenvalue weighted by Gasteiger charge is 2.55. The van der Waals surface area contributed by atoms with Crippen molar-refractivity contribution in [1.82, 2.24) is 0 Å². The van der Waals surface area contributed by atoms with Crippen molar-refractivity contribution < 1.29 is 14.3 Å². The lowest BCUT2D eigenvalue weighted by Crippen LogP contribution is -2.54. The molecule has 0 bridgehead atoms. The zero-order valence-electron chi connectivity index (χ0n) is 9.40. The maximum absolute atomic E-state index is 12.8. The maximum atomic E-state index is 12.8. The van der Waals surface area contributed by atoms with Crippen LogP contribution in [0.25, 0.3) is 0 Å². The monoisotopic (exact) mass is 222 g/mol. The fraction of sp³-hybridized carbons (Fsp3) is 0.462. The summed E-state index contributed by atoms with van der Waals surface area (Å²) in [6.45, 7) is 4.00. The Labute approximate surface area is 94.1 Å². The number of carboxylic acids is 1. The topological polar surface area (TPSA) is 37.3 Å². The third-order valence-electron chi connectivity index (χ3n) is 4.02. The number of benzene rings is 1. The first-order valence-electron chi connectivity index (χ1n) is 5.48. The van der Waals surface area contributed by atoms with Gasteiger partial charge >= 0.3 is 5.97 Å². The van der Waals surface area contributed by atoms with E-state index in [1.54, 1.807) is 12.1 Å². The summed E-state index contributed by atoms with van der Waals surface area (Å²) in [6.07, 6.45) is 0.634. The molecule has 1 aromatic rings. The van der Waals surface area contributed by atoms with Crippen LogP contribution in [0.2, 0.25) is 0 Å². The Kier molecular flexibility index (Phi) is 2.49. The van der Waals surface area contributed by atoms with Crippen LogP contribution < -0.4 is 0 Å². The first kappa shape index (κ1) is 11.1. The predicted molar refractivity (Wildman–Crippen MR) is 58.7 cm³/mol. The highest BCUT2D eigenvalue weighted by molar-refractivity contribution is 5.83. The highest BCUT2D eigenvalue weighted by atomic mass is 19.1. The molecule has 3 atom stereocenters. The molecule has 2 nitrogen and oxygen atoms in total. The van der Waals surface area contributed by atoms with Gasteiger partial charge in [0.2, 0.25) is 0 Å². The van der Waals surface area contributed by atoms with Gasteiger partial charge in [-0.15, -0.1) is 0 Å². The number of halogens is 1. The lowest BCUT2D eigenvalue weighted by molar-refractivity contribution is -0.154. The number of carbonyl (C=O) groups is 1. The molecule has 1 saturated carbocycles. The quantitative estimate of drug-likeness (QED) is 0.835. The molecule has 1 N–H and O–H groups in total. The van der Waals surface area contributed by atoms with E-state index < -0.39 is 11.4 Å². The molecule has 16 heavy (non-hydrogen) atoms. The second kappa shape index (κ2) is 3.58. The first-order chi connectivity index (χ1) is 7.48. The van der Waals surface area contributed by atoms with Gasteiger partial charge in [-0.3, -0.25) is 4.79 Å². The van der Waals surface area contributed by atoms with Gasteiger partial charge in [0, 0.05) is 0 Å². The van der Waals surface area contributed by atoms with E-state index >= 15 is 0 Å². The summed E-state index contributed by atoms with van der Waals surface area (Å²) < 4.78 is 12.8. The Morgan fingerprint density at radius 1 is 1.38 bits per heavy atom. The zero-order chi connectivity index (χ0) is 11.9. The second-order valence-electron chi connectivity index (χ2n) is 4.75. The maximum Gasteiger partial charge on any atom is 0.314 e. The number of aliphatic carboxylic acids is 1. The zero-order valence-corrected chi connectivity index (χ0v) is 9.40. The molecule has 0 amide bonds. The van der Waals surface area contributed by atoms with Gasteiger partial charge in [-0.25, -0.2) is 4.39 Å². The molecule has 86 valence electrons. The average molecular weight is 222 g/mol. The van der Waals surface area contributed by atoms with E-state index in [1.165, 1.54) is 12.1 Å². The van der Waals surface area contributed by atoms with Gasteiger partial charge in [-0.1, -0.05) is 26.0 Å². The molecule has 0 aliphatic heterocycles. The molecule has 1 aliphatic rings. The van der Waals surface area contributed by atoms with Gasteiger partial charge in [0.1, 0.15) is 5.82 Å². The van der Waals surface area contributed by atoms with Crippen molar-refractivity contribution in [1.29, 1.82) is 0 Å². The van der Waals surface area contributed by atoms with E-state index in [0.29, 0.717) is 17.9 Å². The minimum atomic E-state index is -0.812. The fourth-order valence-electron chi connectivity index (χ4n) is 2.73. The molecule has 0 saturated heterocycles. The van der Waals surface area contributed by atoms with Crippen LogP contribution in [0.4, 0.5) is 4.39 Å². The van der Waals surface area contributed by atoms with Crippen molar-refractivity contribution in [3.05, 3.63) is 35.6 Å². The van der Waals surface area contributed by atoms with Crippen molar-refractivity contribution in [2.45, 2.75) is 25.7 Å². The summed E-state index contributed by atoms with van der Waals surface area (Å²) in [5, 5.41) is 9.40. The molecule has 3 heteroatoms. The van der Waals surface area contributed by atoms with E-state index in [9.17, 15) is 14.3 Å². The summed E-state index contributed by atoms with van der Waals surface area (Å²) >= 11 is 0. The normalized spacial score (nSPS) is 33.2. The second-order valence-corrected chi connectivity index (χ2v) is 4.75. The molecular weight excluding hydrogens is 207 g/mol. The van der Waals surface area contributed by atoms with E-state index in [-0.39, 0.29) is 11.7 Å². The van der Waals surface area contributed by atoms with Gasteiger partial charge in [0.25, 0.3) is 0 Å². The number of hydrogen-bond donors (Lipinski definition) is 1. The number of hydrogen-bond acceptors (Lipinski definition) is 1. The van der Waals surface area contributed by atoms with E-state index in [1.807, 2.05) is 6.92 Å². The standard InChI is InChI=1S/C13H15FO2/c1-8-7-13(9(8)2,12(15)16)10-3-5-11(14)6-4-10/h3-6,8-9H,7H2,1-2H3,(H,15,16). The van der Waals surface area contributed by atoms with Gasteiger partial charge in [-0.05, 0) is 36.0 Å². The molecule has 0 heterocycles. The lowest BCUT2D eigenvalue weighted by atomic mass is 9.52. The number of carboxylic acid groups (broad SMARTS) is 1. The van der Waals surface area contributed by atoms with Gasteiger partial charge in [0.15, 0.2) is 0 Å². The summed E-state index contributed by atoms with van der Waals surface area (Å²) in [5.74, 6) is -0.634. The van der Waals surface area contributed by atoms with Crippen LogP contribution >= 0.6 is 0 Å². The predicted octanol–water partition coefficient (Wildman–Crippen LogP) is 2.82. The Morgan fingerprint density at radius 3 is 2.31 bits per heavy atom. The summed E-state index contributed by atoms with van der Waals surface area (Å²) in [6, 6.07) is 5.84. The molecule has 3 unspecified atom stereocenters. The summed E-state index contributed by atoms with van der Waals surface area (Å²) in [5.41, 5.74) is -0.0976. The van der Waals surface area contributed by atoms with Crippen molar-refractivity contribution in [2.24, 2.45) is 11.8 Å². The smallest absolute Gasteiger partial charge is 0.314 e. The minimum Gasteiger partial charge on any atom is -0.481 e. The van der Waals surface area contributed by atoms with Crippen molar-refractivity contribution in [2.75, 3.05) is 0 Å². The first-order valence-corrected chi connectivity index (χ1v) is 5.48. The van der Waals surface area contributed by atoms with E-state index in [0.717, 1.165) is 0 Å². The van der Waals surface area contributed by atoms with Crippen LogP contribution in [-0.2, 0) is 10.2 Å². The Bertz CT molecular complexity index is 412. The third kappa shape index (κ3) is 1.34. The van der Waals surface area contributed by atoms with Gasteiger partial charge < -0.3 is 5.11 Å². The van der Waals surface area contributed by atoms with Crippen molar-refractivity contribution in [3.8, 4) is 0 Å². The molecule has 2 rings (SSSR count). The molecule has 1 aliphatic carbocycles. The van der Waals surface area contributed by atoms with Crippen LogP contribution in [0.5, 0.6) is 0 Å². The fourth-order valence-corrected chi connectivity index (χ4v) is 2.73. The third-order valence-corrected chi connectivity index (χ3v) is 4.02. The Balaban J connectivity index is 2.42. The van der Waals surface area contributed by atoms with Gasteiger partial charge in [0.05, 0.1) is 5.41 Å². The minimum absolute atomic E-state index is 0.0930. The largest absolute Gasteiger partial charge is 0.481 e. The van der Waals surface area contributed by atoms with Crippen LogP contribution in [0.15, 0.2) is 24.3 Å². The Morgan fingerprint density at radius 2 is 1.94 bits per heavy atom. The van der Waals surface area contributed by atoms with Crippen LogP contribution in [0, 0.1) is 17.7 Å². The van der Waals surface area contributed by atoms with Crippen LogP contribution in [0.1, 0.15) is 25.8 Å². The van der Waals surface area contributed by atoms with Crippen LogP contribution in [-0.4, -0.2) is 11.1 Å². The van der Waals surface area contributed by atoms with Gasteiger partial charge in [-0.2, -0.15) is 0 Å². The molecule has 1 fully saturated rings. The molecule has 0 spiro atoms. The van der Waals surface area contributed by atoms with Crippen molar-refractivity contribution >= 4 is 5.97 Å². The average Bonchev–Trinajstić information content (AvgIpc) is 2.26. The lowest BCUT2D eigenvalue weighted by Gasteiger charge is -2.50. The number of rotatable bonds is 2. The van der Waals surface area contributed by atoms with E-state index in [2.05, 4.69) is 6.92 Å². The SMILES string of the molecule is CC1CC(C(=O)O)(c2ccc(F)cc2)C1C. The summed E-state index contributed by atoms with van der Waals surface area (Å²) in [7, 11) is 0. The highest BCUT2D eigenvalue weighted by Crippen LogP contribution is 2.52. The molecule has 1 aromatic carbocycles. The molecule has 0 radical (unpaired) electrons. The Hall–Kier alpha value is -1.38.